The number of hydrogen-bond donors (Lipinski definition) is 0. The molecule has 0 bridgehead atoms. The van der Waals surface area contributed by atoms with Crippen molar-refractivity contribution in [2.75, 3.05) is 7.11 Å². The second kappa shape index (κ2) is 6.69. The first kappa shape index (κ1) is 13.2. The summed E-state index contributed by atoms with van der Waals surface area (Å²) in [4.78, 5) is 0. The van der Waals surface area contributed by atoms with E-state index in [0.717, 1.165) is 5.57 Å². The monoisotopic (exact) mass is 232 g/mol. The predicted octanol–water partition coefficient (Wildman–Crippen LogP) is 4.07. The molecule has 1 aromatic rings. The van der Waals surface area contributed by atoms with Gasteiger partial charge in [0.25, 0.3) is 0 Å². The van der Waals surface area contributed by atoms with Gasteiger partial charge >= 0.3 is 0 Å². The normalized spacial score (nSPS) is 11.8. The highest BCUT2D eigenvalue weighted by molar-refractivity contribution is 5.36. The van der Waals surface area contributed by atoms with Crippen LogP contribution in [0.3, 0.4) is 0 Å². The van der Waals surface area contributed by atoms with Crippen LogP contribution in [0.15, 0.2) is 54.7 Å². The number of methoxy groups -OCH3 is 1. The summed E-state index contributed by atoms with van der Waals surface area (Å²) >= 11 is 0. The highest BCUT2D eigenvalue weighted by Crippen LogP contribution is 2.22. The highest BCUT2D eigenvalue weighted by atomic mass is 19.1. The summed E-state index contributed by atoms with van der Waals surface area (Å²) in [5.41, 5.74) is 1.63. The van der Waals surface area contributed by atoms with Crippen LogP contribution in [-0.2, 0) is 6.42 Å². The van der Waals surface area contributed by atoms with Crippen molar-refractivity contribution in [2.24, 2.45) is 0 Å². The van der Waals surface area contributed by atoms with Crippen molar-refractivity contribution in [3.63, 3.8) is 0 Å². The summed E-state index contributed by atoms with van der Waals surface area (Å²) in [6.45, 7) is 5.58. The lowest BCUT2D eigenvalue weighted by molar-refractivity contribution is 0.384. The zero-order chi connectivity index (χ0) is 12.7. The molecule has 17 heavy (non-hydrogen) atoms. The lowest BCUT2D eigenvalue weighted by Crippen LogP contribution is -1.96. The van der Waals surface area contributed by atoms with Gasteiger partial charge in [0.1, 0.15) is 0 Å². The smallest absolute Gasteiger partial charge is 0.168 e. The van der Waals surface area contributed by atoms with E-state index in [4.69, 9.17) is 4.74 Å². The number of rotatable bonds is 5. The molecule has 0 N–H and O–H groups in total. The lowest BCUT2D eigenvalue weighted by Gasteiger charge is -2.07. The van der Waals surface area contributed by atoms with Gasteiger partial charge in [-0.2, -0.15) is 0 Å². The Labute approximate surface area is 102 Å². The molecule has 90 valence electrons. The van der Waals surface area contributed by atoms with E-state index in [1.165, 1.54) is 7.11 Å². The number of benzene rings is 1. The van der Waals surface area contributed by atoms with Gasteiger partial charge in [0, 0.05) is 6.42 Å². The fraction of sp³-hybridized carbons (Fsp3) is 0.200. The van der Waals surface area contributed by atoms with Crippen LogP contribution in [-0.4, -0.2) is 7.11 Å². The van der Waals surface area contributed by atoms with Crippen molar-refractivity contribution >= 4 is 0 Å². The summed E-state index contributed by atoms with van der Waals surface area (Å²) in [5.74, 6) is -0.0182. The maximum absolute atomic E-state index is 13.9. The van der Waals surface area contributed by atoms with E-state index in [9.17, 15) is 4.39 Å². The standard InChI is InChI=1S/C15H17FO/c1-4-7-12(8-5-2)11-13-9-6-10-14(17-3)15(13)16/h4-10H,1,11H2,2-3H3/b8-5-,12-7+. The number of allylic oxidation sites excluding steroid dienone is 5. The van der Waals surface area contributed by atoms with Crippen LogP contribution >= 0.6 is 0 Å². The SMILES string of the molecule is C=C/C=C(\C=C/C)Cc1cccc(OC)c1F. The van der Waals surface area contributed by atoms with E-state index in [1.807, 2.05) is 25.2 Å². The summed E-state index contributed by atoms with van der Waals surface area (Å²) in [6, 6.07) is 5.17. The molecule has 2 heteroatoms. The summed E-state index contributed by atoms with van der Waals surface area (Å²) in [6.07, 6.45) is 7.97. The van der Waals surface area contributed by atoms with Gasteiger partial charge in [-0.15, -0.1) is 0 Å². The molecule has 0 aliphatic rings. The Morgan fingerprint density at radius 3 is 2.82 bits per heavy atom. The van der Waals surface area contributed by atoms with E-state index >= 15 is 0 Å². The van der Waals surface area contributed by atoms with Gasteiger partial charge in [0.15, 0.2) is 11.6 Å². The molecule has 0 aromatic heterocycles. The molecule has 0 unspecified atom stereocenters. The average molecular weight is 232 g/mol. The third-order valence-corrected chi connectivity index (χ3v) is 2.37. The minimum absolute atomic E-state index is 0.279. The van der Waals surface area contributed by atoms with E-state index in [1.54, 1.807) is 24.3 Å². The largest absolute Gasteiger partial charge is 0.494 e. The van der Waals surface area contributed by atoms with Gasteiger partial charge in [-0.25, -0.2) is 4.39 Å². The zero-order valence-electron chi connectivity index (χ0n) is 10.2. The van der Waals surface area contributed by atoms with Crippen molar-refractivity contribution in [3.8, 4) is 5.75 Å². The molecule has 1 rings (SSSR count). The minimum atomic E-state index is -0.297. The molecule has 1 nitrogen and oxygen atoms in total. The minimum Gasteiger partial charge on any atom is -0.494 e. The van der Waals surface area contributed by atoms with E-state index in [0.29, 0.717) is 12.0 Å². The average Bonchev–Trinajstić information content (AvgIpc) is 2.32. The summed E-state index contributed by atoms with van der Waals surface area (Å²) < 4.78 is 18.9. The van der Waals surface area contributed by atoms with E-state index < -0.39 is 0 Å². The molecular formula is C15H17FO. The maximum Gasteiger partial charge on any atom is 0.168 e. The van der Waals surface area contributed by atoms with E-state index in [-0.39, 0.29) is 11.6 Å². The van der Waals surface area contributed by atoms with Crippen LogP contribution in [0.25, 0.3) is 0 Å². The molecular weight excluding hydrogens is 215 g/mol. The zero-order valence-corrected chi connectivity index (χ0v) is 10.2. The Bertz CT molecular complexity index is 444. The first-order valence-corrected chi connectivity index (χ1v) is 5.48. The molecule has 0 heterocycles. The Morgan fingerprint density at radius 2 is 2.24 bits per heavy atom. The number of ether oxygens (including phenoxy) is 1. The Balaban J connectivity index is 3.01. The van der Waals surface area contributed by atoms with Gasteiger partial charge in [-0.05, 0) is 24.1 Å². The third-order valence-electron chi connectivity index (χ3n) is 2.37. The van der Waals surface area contributed by atoms with Gasteiger partial charge in [-0.1, -0.05) is 43.0 Å². The summed E-state index contributed by atoms with van der Waals surface area (Å²) in [7, 11) is 1.47. The number of halogens is 1. The maximum atomic E-state index is 13.9. The molecule has 0 saturated carbocycles. The fourth-order valence-corrected chi connectivity index (χ4v) is 1.61. The van der Waals surface area contributed by atoms with Crippen LogP contribution in [0, 0.1) is 5.82 Å². The third kappa shape index (κ3) is 3.59. The molecule has 0 aliphatic carbocycles. The van der Waals surface area contributed by atoms with Crippen molar-refractivity contribution in [3.05, 3.63) is 66.0 Å². The molecule has 0 aliphatic heterocycles. The highest BCUT2D eigenvalue weighted by Gasteiger charge is 2.08. The Kier molecular flexibility index (Phi) is 5.21. The van der Waals surface area contributed by atoms with Crippen molar-refractivity contribution < 1.29 is 9.13 Å². The first-order chi connectivity index (χ1) is 8.22. The molecule has 0 radical (unpaired) electrons. The topological polar surface area (TPSA) is 9.23 Å². The van der Waals surface area contributed by atoms with E-state index in [2.05, 4.69) is 6.58 Å². The van der Waals surface area contributed by atoms with Gasteiger partial charge in [0.2, 0.25) is 0 Å². The van der Waals surface area contributed by atoms with Crippen molar-refractivity contribution in [1.29, 1.82) is 0 Å². The van der Waals surface area contributed by atoms with Gasteiger partial charge in [0.05, 0.1) is 7.11 Å². The van der Waals surface area contributed by atoms with Crippen LogP contribution in [0.1, 0.15) is 12.5 Å². The van der Waals surface area contributed by atoms with Crippen molar-refractivity contribution in [1.82, 2.24) is 0 Å². The van der Waals surface area contributed by atoms with Crippen LogP contribution in [0.2, 0.25) is 0 Å². The number of hydrogen-bond acceptors (Lipinski definition) is 1. The Hall–Kier alpha value is -1.83. The molecule has 0 saturated heterocycles. The molecule has 0 amide bonds. The van der Waals surface area contributed by atoms with Gasteiger partial charge in [-0.3, -0.25) is 0 Å². The lowest BCUT2D eigenvalue weighted by atomic mass is 10.0. The quantitative estimate of drug-likeness (QED) is 0.695. The second-order valence-corrected chi connectivity index (χ2v) is 3.59. The van der Waals surface area contributed by atoms with Crippen LogP contribution < -0.4 is 4.74 Å². The molecule has 1 aromatic carbocycles. The molecule has 0 spiro atoms. The Morgan fingerprint density at radius 1 is 1.47 bits per heavy atom. The van der Waals surface area contributed by atoms with Crippen molar-refractivity contribution in [2.45, 2.75) is 13.3 Å². The van der Waals surface area contributed by atoms with Crippen LogP contribution in [0.5, 0.6) is 5.75 Å². The summed E-state index contributed by atoms with van der Waals surface area (Å²) in [5, 5.41) is 0. The van der Waals surface area contributed by atoms with Crippen LogP contribution in [0.4, 0.5) is 4.39 Å². The molecule has 0 atom stereocenters. The second-order valence-electron chi connectivity index (χ2n) is 3.59. The van der Waals surface area contributed by atoms with Gasteiger partial charge < -0.3 is 4.74 Å². The fourth-order valence-electron chi connectivity index (χ4n) is 1.61. The molecule has 0 fully saturated rings. The first-order valence-electron chi connectivity index (χ1n) is 5.48. The predicted molar refractivity (Wildman–Crippen MR) is 69.8 cm³/mol.